The molecule has 1 aliphatic heterocycles. The fourth-order valence-electron chi connectivity index (χ4n) is 3.43. The lowest BCUT2D eigenvalue weighted by Gasteiger charge is -2.19. The Labute approximate surface area is 143 Å². The normalized spacial score (nSPS) is 20.3. The molecule has 0 saturated heterocycles. The monoisotopic (exact) mass is 322 g/mol. The van der Waals surface area contributed by atoms with Gasteiger partial charge < -0.3 is 0 Å². The van der Waals surface area contributed by atoms with Crippen molar-refractivity contribution < 1.29 is 4.58 Å². The Morgan fingerprint density at radius 1 is 1.04 bits per heavy atom. The number of nitrogens with zero attached hydrogens (tertiary/aromatic N) is 1. The van der Waals surface area contributed by atoms with Crippen LogP contribution in [0.3, 0.4) is 0 Å². The third-order valence-corrected chi connectivity index (χ3v) is 5.79. The topological polar surface area (TPSA) is 3.01 Å². The summed E-state index contributed by atoms with van der Waals surface area (Å²) in [6, 6.07) is 17.5. The van der Waals surface area contributed by atoms with Crippen LogP contribution in [-0.2, 0) is 5.41 Å². The Hall–Kier alpha value is -1.80. The Morgan fingerprint density at radius 3 is 2.39 bits per heavy atom. The molecule has 2 aromatic rings. The van der Waals surface area contributed by atoms with Crippen molar-refractivity contribution >= 4 is 29.2 Å². The summed E-state index contributed by atoms with van der Waals surface area (Å²) in [5.41, 5.74) is 5.46. The maximum atomic E-state index is 2.35. The van der Waals surface area contributed by atoms with Crippen molar-refractivity contribution in [2.45, 2.75) is 30.6 Å². The molecule has 118 valence electrons. The molecule has 1 atom stereocenters. The Morgan fingerprint density at radius 2 is 1.74 bits per heavy atom. The van der Waals surface area contributed by atoms with E-state index in [0.29, 0.717) is 0 Å². The third-order valence-electron chi connectivity index (χ3n) is 5.04. The smallest absolute Gasteiger partial charge is 0.198 e. The van der Waals surface area contributed by atoms with Gasteiger partial charge in [0.25, 0.3) is 0 Å². The summed E-state index contributed by atoms with van der Waals surface area (Å²) in [5, 5.41) is 0. The SMILES string of the molecule is CCC1(C)C(/C=C/c2ccc(SC)cc2)=[N+](C)c2ccccc21. The van der Waals surface area contributed by atoms with Gasteiger partial charge in [-0.15, -0.1) is 11.8 Å². The minimum absolute atomic E-state index is 0.0844. The van der Waals surface area contributed by atoms with Gasteiger partial charge in [0.1, 0.15) is 7.05 Å². The highest BCUT2D eigenvalue weighted by Gasteiger charge is 2.44. The molecule has 23 heavy (non-hydrogen) atoms. The molecule has 0 amide bonds. The average molecular weight is 322 g/mol. The molecule has 0 saturated carbocycles. The maximum absolute atomic E-state index is 2.35. The number of hydrogen-bond acceptors (Lipinski definition) is 1. The fraction of sp³-hybridized carbons (Fsp3) is 0.286. The zero-order chi connectivity index (χ0) is 16.4. The van der Waals surface area contributed by atoms with Crippen molar-refractivity contribution in [3.8, 4) is 0 Å². The second-order valence-corrected chi connectivity index (χ2v) is 7.13. The van der Waals surface area contributed by atoms with E-state index in [-0.39, 0.29) is 5.41 Å². The standard InChI is InChI=1S/C21H24NS/c1-5-21(2)18-8-6-7-9-19(18)22(3)20(21)15-12-16-10-13-17(23-4)14-11-16/h6-15H,5H2,1-4H3/q+1/b15-12+. The zero-order valence-corrected chi connectivity index (χ0v) is 15.2. The van der Waals surface area contributed by atoms with Gasteiger partial charge in [0.15, 0.2) is 5.71 Å². The second-order valence-electron chi connectivity index (χ2n) is 6.25. The molecule has 0 aromatic heterocycles. The molecule has 0 N–H and O–H groups in total. The first kappa shape index (κ1) is 16.1. The van der Waals surface area contributed by atoms with E-state index in [0.717, 1.165) is 6.42 Å². The number of benzene rings is 2. The first-order valence-electron chi connectivity index (χ1n) is 8.13. The highest BCUT2D eigenvalue weighted by Crippen LogP contribution is 2.41. The van der Waals surface area contributed by atoms with Crippen LogP contribution in [0.5, 0.6) is 0 Å². The molecule has 0 aliphatic carbocycles. The van der Waals surface area contributed by atoms with Crippen LogP contribution in [0.2, 0.25) is 0 Å². The first-order chi connectivity index (χ1) is 11.1. The van der Waals surface area contributed by atoms with Crippen molar-refractivity contribution in [3.63, 3.8) is 0 Å². The molecule has 1 nitrogen and oxygen atoms in total. The van der Waals surface area contributed by atoms with Crippen LogP contribution in [0.4, 0.5) is 5.69 Å². The van der Waals surface area contributed by atoms with Gasteiger partial charge in [0.2, 0.25) is 5.69 Å². The van der Waals surface area contributed by atoms with E-state index in [1.807, 2.05) is 0 Å². The molecule has 0 fully saturated rings. The predicted molar refractivity (Wildman–Crippen MR) is 102 cm³/mol. The van der Waals surface area contributed by atoms with Gasteiger partial charge in [-0.05, 0) is 43.4 Å². The Bertz CT molecular complexity index is 771. The molecule has 1 unspecified atom stereocenters. The van der Waals surface area contributed by atoms with E-state index < -0.39 is 0 Å². The second kappa shape index (κ2) is 6.37. The molecule has 1 heterocycles. The lowest BCUT2D eigenvalue weighted by Crippen LogP contribution is -2.29. The third kappa shape index (κ3) is 2.76. The van der Waals surface area contributed by atoms with E-state index in [9.17, 15) is 0 Å². The molecule has 2 aromatic carbocycles. The molecule has 2 heteroatoms. The van der Waals surface area contributed by atoms with Crippen LogP contribution in [0.25, 0.3) is 6.08 Å². The lowest BCUT2D eigenvalue weighted by atomic mass is 9.77. The minimum Gasteiger partial charge on any atom is -0.198 e. The number of fused-ring (bicyclic) bond motifs is 1. The predicted octanol–water partition coefficient (Wildman–Crippen LogP) is 5.52. The van der Waals surface area contributed by atoms with E-state index in [1.54, 1.807) is 11.8 Å². The lowest BCUT2D eigenvalue weighted by molar-refractivity contribution is -0.401. The van der Waals surface area contributed by atoms with Gasteiger partial charge >= 0.3 is 0 Å². The van der Waals surface area contributed by atoms with Crippen molar-refractivity contribution in [2.75, 3.05) is 13.3 Å². The largest absolute Gasteiger partial charge is 0.209 e. The summed E-state index contributed by atoms with van der Waals surface area (Å²) in [4.78, 5) is 1.30. The Kier molecular flexibility index (Phi) is 4.45. The number of hydrogen-bond donors (Lipinski definition) is 0. The summed E-state index contributed by atoms with van der Waals surface area (Å²) in [5.74, 6) is 0. The summed E-state index contributed by atoms with van der Waals surface area (Å²) >= 11 is 1.78. The number of allylic oxidation sites excluding steroid dienone is 1. The van der Waals surface area contributed by atoms with Crippen LogP contribution < -0.4 is 0 Å². The maximum Gasteiger partial charge on any atom is 0.209 e. The van der Waals surface area contributed by atoms with Crippen LogP contribution in [0.1, 0.15) is 31.4 Å². The number of para-hydroxylation sites is 1. The van der Waals surface area contributed by atoms with E-state index in [1.165, 1.54) is 27.4 Å². The van der Waals surface area contributed by atoms with Crippen LogP contribution in [0.15, 0.2) is 59.5 Å². The van der Waals surface area contributed by atoms with E-state index in [4.69, 9.17) is 0 Å². The highest BCUT2D eigenvalue weighted by molar-refractivity contribution is 7.98. The average Bonchev–Trinajstić information content (AvgIpc) is 2.82. The molecular formula is C21H24NS+. The van der Waals surface area contributed by atoms with E-state index in [2.05, 4.69) is 92.4 Å². The van der Waals surface area contributed by atoms with E-state index >= 15 is 0 Å². The van der Waals surface area contributed by atoms with Crippen molar-refractivity contribution in [3.05, 3.63) is 65.7 Å². The van der Waals surface area contributed by atoms with Gasteiger partial charge in [-0.1, -0.05) is 37.3 Å². The molecule has 0 bridgehead atoms. The van der Waals surface area contributed by atoms with Gasteiger partial charge in [0, 0.05) is 22.6 Å². The number of rotatable bonds is 4. The molecule has 3 rings (SSSR count). The quantitative estimate of drug-likeness (QED) is 0.529. The van der Waals surface area contributed by atoms with Gasteiger partial charge in [-0.2, -0.15) is 4.58 Å². The van der Waals surface area contributed by atoms with Gasteiger partial charge in [-0.25, -0.2) is 0 Å². The first-order valence-corrected chi connectivity index (χ1v) is 9.35. The van der Waals surface area contributed by atoms with Crippen LogP contribution >= 0.6 is 11.8 Å². The van der Waals surface area contributed by atoms with Crippen molar-refractivity contribution in [1.82, 2.24) is 0 Å². The summed E-state index contributed by atoms with van der Waals surface area (Å²) < 4.78 is 2.34. The van der Waals surface area contributed by atoms with Crippen molar-refractivity contribution in [2.24, 2.45) is 0 Å². The summed E-state index contributed by atoms with van der Waals surface area (Å²) in [7, 11) is 2.18. The number of thioether (sulfide) groups is 1. The Balaban J connectivity index is 1.98. The minimum atomic E-state index is 0.0844. The van der Waals surface area contributed by atoms with Crippen LogP contribution in [0, 0.1) is 0 Å². The fourth-order valence-corrected chi connectivity index (χ4v) is 3.84. The molecule has 0 radical (unpaired) electrons. The summed E-state index contributed by atoms with van der Waals surface area (Å²) in [6.45, 7) is 4.63. The molecular weight excluding hydrogens is 298 g/mol. The van der Waals surface area contributed by atoms with Gasteiger partial charge in [0.05, 0.1) is 5.41 Å². The van der Waals surface area contributed by atoms with Gasteiger partial charge in [-0.3, -0.25) is 0 Å². The highest BCUT2D eigenvalue weighted by atomic mass is 32.2. The van der Waals surface area contributed by atoms with Crippen molar-refractivity contribution in [1.29, 1.82) is 0 Å². The van der Waals surface area contributed by atoms with Crippen LogP contribution in [-0.4, -0.2) is 23.6 Å². The molecule has 1 aliphatic rings. The zero-order valence-electron chi connectivity index (χ0n) is 14.3. The molecule has 0 spiro atoms. The summed E-state index contributed by atoms with van der Waals surface area (Å²) in [6.07, 6.45) is 7.73.